The van der Waals surface area contributed by atoms with Crippen LogP contribution in [0, 0.1) is 0 Å². The molecule has 0 spiro atoms. The lowest BCUT2D eigenvalue weighted by molar-refractivity contribution is 0.226. The van der Waals surface area contributed by atoms with Gasteiger partial charge in [-0.15, -0.1) is 0 Å². The molecule has 1 aliphatic carbocycles. The van der Waals surface area contributed by atoms with Crippen LogP contribution in [0.3, 0.4) is 0 Å². The number of benzene rings is 1. The molecule has 0 bridgehead atoms. The Kier molecular flexibility index (Phi) is 2.65. The number of halogens is 1. The fourth-order valence-corrected chi connectivity index (χ4v) is 1.96. The van der Waals surface area contributed by atoms with E-state index in [-0.39, 0.29) is 5.89 Å². The lowest BCUT2D eigenvalue weighted by Gasteiger charge is -1.99. The second kappa shape index (κ2) is 4.19. The van der Waals surface area contributed by atoms with Crippen LogP contribution in [0.15, 0.2) is 28.8 Å². The first-order chi connectivity index (χ1) is 8.71. The van der Waals surface area contributed by atoms with E-state index >= 15 is 0 Å². The molecule has 0 saturated heterocycles. The predicted octanol–water partition coefficient (Wildman–Crippen LogP) is 3.65. The number of aryl methyl sites for hydroxylation is 1. The van der Waals surface area contributed by atoms with Crippen LogP contribution in [-0.2, 0) is 12.1 Å². The largest absolute Gasteiger partial charge is 0.335 e. The van der Waals surface area contributed by atoms with Crippen LogP contribution >= 0.6 is 0 Å². The Bertz CT molecular complexity index is 543. The van der Waals surface area contributed by atoms with Crippen LogP contribution in [0.25, 0.3) is 11.4 Å². The first kappa shape index (κ1) is 11.4. The summed E-state index contributed by atoms with van der Waals surface area (Å²) in [5.74, 6) is 0.590. The summed E-state index contributed by atoms with van der Waals surface area (Å²) in [5.41, 5.74) is 0.802. The summed E-state index contributed by atoms with van der Waals surface area (Å²) in [6, 6.07) is 8.02. The maximum Gasteiger partial charge on any atom is 0.264 e. The summed E-state index contributed by atoms with van der Waals surface area (Å²) in [5, 5.41) is 3.84. The van der Waals surface area contributed by atoms with Gasteiger partial charge in [-0.2, -0.15) is 4.98 Å². The molecule has 1 saturated carbocycles. The monoisotopic (exact) mass is 246 g/mol. The van der Waals surface area contributed by atoms with Gasteiger partial charge in [0.15, 0.2) is 5.67 Å². The topological polar surface area (TPSA) is 38.9 Å². The van der Waals surface area contributed by atoms with Crippen LogP contribution in [-0.4, -0.2) is 10.1 Å². The first-order valence-corrected chi connectivity index (χ1v) is 6.34. The van der Waals surface area contributed by atoms with E-state index in [4.69, 9.17) is 4.52 Å². The van der Waals surface area contributed by atoms with Crippen LogP contribution < -0.4 is 0 Å². The third kappa shape index (κ3) is 2.03. The quantitative estimate of drug-likeness (QED) is 0.826. The molecule has 94 valence electrons. The van der Waals surface area contributed by atoms with Gasteiger partial charge in [0.1, 0.15) is 0 Å². The lowest BCUT2D eigenvalue weighted by Crippen LogP contribution is -1.97. The van der Waals surface area contributed by atoms with E-state index in [1.807, 2.05) is 12.1 Å². The molecule has 0 amide bonds. The average Bonchev–Trinajstić information content (AvgIpc) is 2.95. The third-order valence-corrected chi connectivity index (χ3v) is 3.25. The zero-order chi connectivity index (χ0) is 12.6. The van der Waals surface area contributed by atoms with Gasteiger partial charge in [-0.05, 0) is 24.8 Å². The molecule has 1 aromatic heterocycles. The third-order valence-electron chi connectivity index (χ3n) is 3.25. The fourth-order valence-electron chi connectivity index (χ4n) is 1.96. The Labute approximate surface area is 105 Å². The van der Waals surface area contributed by atoms with Crippen LogP contribution in [0.4, 0.5) is 4.39 Å². The molecule has 1 fully saturated rings. The summed E-state index contributed by atoms with van der Waals surface area (Å²) in [7, 11) is 0. The van der Waals surface area contributed by atoms with E-state index in [9.17, 15) is 4.39 Å². The summed E-state index contributed by atoms with van der Waals surface area (Å²) < 4.78 is 18.7. The molecule has 18 heavy (non-hydrogen) atoms. The molecule has 0 unspecified atom stereocenters. The molecule has 3 nitrogen and oxygen atoms in total. The van der Waals surface area contributed by atoms with Gasteiger partial charge in [-0.25, -0.2) is 4.39 Å². The SMILES string of the molecule is CCCc1ccc(-c2noc(C3(F)CC3)n2)cc1. The Morgan fingerprint density at radius 3 is 2.61 bits per heavy atom. The number of hydrogen-bond donors (Lipinski definition) is 0. The lowest BCUT2D eigenvalue weighted by atomic mass is 10.1. The van der Waals surface area contributed by atoms with E-state index < -0.39 is 5.67 Å². The van der Waals surface area contributed by atoms with Crippen molar-refractivity contribution in [3.8, 4) is 11.4 Å². The average molecular weight is 246 g/mol. The summed E-state index contributed by atoms with van der Waals surface area (Å²) >= 11 is 0. The highest BCUT2D eigenvalue weighted by Crippen LogP contribution is 2.48. The number of aromatic nitrogens is 2. The van der Waals surface area contributed by atoms with Crippen molar-refractivity contribution in [1.82, 2.24) is 10.1 Å². The minimum Gasteiger partial charge on any atom is -0.335 e. The van der Waals surface area contributed by atoms with E-state index in [1.165, 1.54) is 5.56 Å². The predicted molar refractivity (Wildman–Crippen MR) is 65.7 cm³/mol. The molecule has 1 heterocycles. The number of nitrogens with zero attached hydrogens (tertiary/aromatic N) is 2. The standard InChI is InChI=1S/C14H15FN2O/c1-2-3-10-4-6-11(7-5-10)12-16-13(18-17-12)14(15)8-9-14/h4-7H,2-3,8-9H2,1H3. The highest BCUT2D eigenvalue weighted by Gasteiger charge is 2.50. The van der Waals surface area contributed by atoms with Gasteiger partial charge < -0.3 is 4.52 Å². The van der Waals surface area contributed by atoms with Gasteiger partial charge in [0.05, 0.1) is 0 Å². The molecule has 0 aliphatic heterocycles. The zero-order valence-electron chi connectivity index (χ0n) is 10.3. The second-order valence-electron chi connectivity index (χ2n) is 4.84. The second-order valence-corrected chi connectivity index (χ2v) is 4.84. The molecule has 1 aliphatic rings. The minimum absolute atomic E-state index is 0.120. The summed E-state index contributed by atoms with van der Waals surface area (Å²) in [6.45, 7) is 2.15. The van der Waals surface area contributed by atoms with Gasteiger partial charge >= 0.3 is 0 Å². The van der Waals surface area contributed by atoms with Gasteiger partial charge in [-0.3, -0.25) is 0 Å². The molecular formula is C14H15FN2O. The first-order valence-electron chi connectivity index (χ1n) is 6.34. The van der Waals surface area contributed by atoms with E-state index in [0.717, 1.165) is 18.4 Å². The Morgan fingerprint density at radius 2 is 2.00 bits per heavy atom. The van der Waals surface area contributed by atoms with Crippen LogP contribution in [0.1, 0.15) is 37.6 Å². The molecule has 4 heteroatoms. The molecular weight excluding hydrogens is 231 g/mol. The minimum atomic E-state index is -1.35. The highest BCUT2D eigenvalue weighted by molar-refractivity contribution is 5.54. The normalized spacial score (nSPS) is 16.8. The van der Waals surface area contributed by atoms with Crippen molar-refractivity contribution in [2.45, 2.75) is 38.3 Å². The smallest absolute Gasteiger partial charge is 0.264 e. The van der Waals surface area contributed by atoms with Crippen molar-refractivity contribution in [3.63, 3.8) is 0 Å². The molecule has 1 aromatic carbocycles. The van der Waals surface area contributed by atoms with Gasteiger partial charge in [0.2, 0.25) is 5.82 Å². The molecule has 0 N–H and O–H groups in total. The van der Waals surface area contributed by atoms with E-state index in [0.29, 0.717) is 18.7 Å². The zero-order valence-corrected chi connectivity index (χ0v) is 10.3. The van der Waals surface area contributed by atoms with Crippen LogP contribution in [0.2, 0.25) is 0 Å². The Morgan fingerprint density at radius 1 is 1.28 bits per heavy atom. The maximum absolute atomic E-state index is 13.7. The molecule has 3 rings (SSSR count). The fraction of sp³-hybridized carbons (Fsp3) is 0.429. The van der Waals surface area contributed by atoms with Gasteiger partial charge in [0.25, 0.3) is 5.89 Å². The van der Waals surface area contributed by atoms with Crippen LogP contribution in [0.5, 0.6) is 0 Å². The van der Waals surface area contributed by atoms with E-state index in [2.05, 4.69) is 29.2 Å². The van der Waals surface area contributed by atoms with Crippen molar-refractivity contribution in [2.24, 2.45) is 0 Å². The Hall–Kier alpha value is -1.71. The number of hydrogen-bond acceptors (Lipinski definition) is 3. The van der Waals surface area contributed by atoms with Crippen molar-refractivity contribution in [1.29, 1.82) is 0 Å². The summed E-state index contributed by atoms with van der Waals surface area (Å²) in [6.07, 6.45) is 3.16. The van der Waals surface area contributed by atoms with Crippen molar-refractivity contribution in [2.75, 3.05) is 0 Å². The van der Waals surface area contributed by atoms with Crippen molar-refractivity contribution >= 4 is 0 Å². The molecule has 0 atom stereocenters. The molecule has 2 aromatic rings. The van der Waals surface area contributed by atoms with Crippen molar-refractivity contribution < 1.29 is 8.91 Å². The maximum atomic E-state index is 13.7. The van der Waals surface area contributed by atoms with Crippen molar-refractivity contribution in [3.05, 3.63) is 35.7 Å². The number of alkyl halides is 1. The molecule has 0 radical (unpaired) electrons. The summed E-state index contributed by atoms with van der Waals surface area (Å²) in [4.78, 5) is 4.14. The number of rotatable bonds is 4. The Balaban J connectivity index is 1.83. The van der Waals surface area contributed by atoms with Gasteiger partial charge in [0, 0.05) is 5.56 Å². The van der Waals surface area contributed by atoms with E-state index in [1.54, 1.807) is 0 Å². The van der Waals surface area contributed by atoms with Gasteiger partial charge in [-0.1, -0.05) is 42.8 Å². The highest BCUT2D eigenvalue weighted by atomic mass is 19.1.